The summed E-state index contributed by atoms with van der Waals surface area (Å²) in [7, 11) is 0. The van der Waals surface area contributed by atoms with Gasteiger partial charge in [-0.25, -0.2) is 4.98 Å². The Bertz CT molecular complexity index is 653. The van der Waals surface area contributed by atoms with Crippen LogP contribution in [-0.2, 0) is 18.1 Å². The lowest BCUT2D eigenvalue weighted by Gasteiger charge is -2.19. The van der Waals surface area contributed by atoms with Gasteiger partial charge >= 0.3 is 6.18 Å². The Morgan fingerprint density at radius 2 is 1.55 bits per heavy atom. The van der Waals surface area contributed by atoms with Crippen LogP contribution in [0.3, 0.4) is 0 Å². The number of nitrogens with two attached hydrogens (primary N) is 1. The molecule has 0 saturated heterocycles. The highest BCUT2D eigenvalue weighted by atomic mass is 19.4. The molecular formula is C17H19F3N2. The molecule has 0 saturated carbocycles. The first-order chi connectivity index (χ1) is 10.1. The fourth-order valence-electron chi connectivity index (χ4n) is 2.19. The van der Waals surface area contributed by atoms with E-state index in [1.807, 2.05) is 12.1 Å². The van der Waals surface area contributed by atoms with Crippen LogP contribution in [0.2, 0.25) is 0 Å². The van der Waals surface area contributed by atoms with Crippen molar-refractivity contribution in [2.24, 2.45) is 5.73 Å². The van der Waals surface area contributed by atoms with E-state index in [4.69, 9.17) is 5.73 Å². The van der Waals surface area contributed by atoms with Crippen molar-refractivity contribution >= 4 is 0 Å². The second-order valence-corrected chi connectivity index (χ2v) is 6.23. The van der Waals surface area contributed by atoms with Gasteiger partial charge in [0.15, 0.2) is 0 Å². The van der Waals surface area contributed by atoms with E-state index in [2.05, 4.69) is 25.8 Å². The van der Waals surface area contributed by atoms with Crippen LogP contribution >= 0.6 is 0 Å². The molecule has 0 aliphatic heterocycles. The van der Waals surface area contributed by atoms with Gasteiger partial charge in [0, 0.05) is 12.1 Å². The number of nitrogens with zero attached hydrogens (tertiary/aromatic N) is 1. The van der Waals surface area contributed by atoms with Crippen LogP contribution in [0.1, 0.15) is 37.6 Å². The van der Waals surface area contributed by atoms with E-state index in [0.29, 0.717) is 11.1 Å². The monoisotopic (exact) mass is 308 g/mol. The Kier molecular flexibility index (Phi) is 4.29. The fraction of sp³-hybridized carbons (Fsp3) is 0.353. The van der Waals surface area contributed by atoms with Crippen molar-refractivity contribution < 1.29 is 13.2 Å². The molecule has 2 aromatic rings. The van der Waals surface area contributed by atoms with Crippen molar-refractivity contribution in [1.82, 2.24) is 4.98 Å². The average molecular weight is 308 g/mol. The van der Waals surface area contributed by atoms with Crippen molar-refractivity contribution in [1.29, 1.82) is 0 Å². The molecule has 0 amide bonds. The molecule has 2 nitrogen and oxygen atoms in total. The number of hydrogen-bond donors (Lipinski definition) is 1. The molecule has 1 aromatic heterocycles. The summed E-state index contributed by atoms with van der Waals surface area (Å²) in [4.78, 5) is 3.77. The zero-order valence-electron chi connectivity index (χ0n) is 12.8. The molecule has 1 heterocycles. The summed E-state index contributed by atoms with van der Waals surface area (Å²) >= 11 is 0. The van der Waals surface area contributed by atoms with Crippen LogP contribution in [-0.4, -0.2) is 4.98 Å². The Morgan fingerprint density at radius 1 is 0.955 bits per heavy atom. The van der Waals surface area contributed by atoms with Crippen molar-refractivity contribution in [3.8, 4) is 11.3 Å². The first-order valence-corrected chi connectivity index (χ1v) is 7.01. The molecule has 2 rings (SSSR count). The summed E-state index contributed by atoms with van der Waals surface area (Å²) in [6.45, 7) is 6.38. The standard InChI is InChI=1S/C17H19F3N2/c1-16(2,3)13-7-4-11(5-8-13)15-12(10-21)6-9-14(22-15)17(18,19)20/h4-9H,10,21H2,1-3H3. The maximum atomic E-state index is 12.8. The van der Waals surface area contributed by atoms with Crippen molar-refractivity contribution in [2.45, 2.75) is 38.9 Å². The van der Waals surface area contributed by atoms with Crippen LogP contribution in [0.4, 0.5) is 13.2 Å². The summed E-state index contributed by atoms with van der Waals surface area (Å²) in [5.74, 6) is 0. The van der Waals surface area contributed by atoms with Crippen molar-refractivity contribution in [3.05, 3.63) is 53.2 Å². The number of pyridine rings is 1. The first kappa shape index (κ1) is 16.5. The molecule has 2 N–H and O–H groups in total. The molecule has 5 heteroatoms. The Balaban J connectivity index is 2.51. The van der Waals surface area contributed by atoms with E-state index in [0.717, 1.165) is 11.6 Å². The third kappa shape index (κ3) is 3.47. The summed E-state index contributed by atoms with van der Waals surface area (Å²) in [5.41, 5.74) is 7.34. The van der Waals surface area contributed by atoms with Gasteiger partial charge in [-0.1, -0.05) is 51.1 Å². The van der Waals surface area contributed by atoms with Gasteiger partial charge in [-0.05, 0) is 22.6 Å². The van der Waals surface area contributed by atoms with E-state index in [1.54, 1.807) is 12.1 Å². The van der Waals surface area contributed by atoms with Gasteiger partial charge in [-0.15, -0.1) is 0 Å². The van der Waals surface area contributed by atoms with Gasteiger partial charge in [0.1, 0.15) is 5.69 Å². The van der Waals surface area contributed by atoms with Crippen LogP contribution < -0.4 is 5.73 Å². The van der Waals surface area contributed by atoms with E-state index in [1.165, 1.54) is 6.07 Å². The van der Waals surface area contributed by atoms with Crippen LogP contribution in [0, 0.1) is 0 Å². The lowest BCUT2D eigenvalue weighted by Crippen LogP contribution is -2.12. The third-order valence-electron chi connectivity index (χ3n) is 3.51. The largest absolute Gasteiger partial charge is 0.433 e. The van der Waals surface area contributed by atoms with Crippen LogP contribution in [0.5, 0.6) is 0 Å². The number of benzene rings is 1. The normalized spacial score (nSPS) is 12.5. The second-order valence-electron chi connectivity index (χ2n) is 6.23. The average Bonchev–Trinajstić information content (AvgIpc) is 2.45. The predicted octanol–water partition coefficient (Wildman–Crippen LogP) is 4.52. The number of aromatic nitrogens is 1. The van der Waals surface area contributed by atoms with E-state index in [9.17, 15) is 13.2 Å². The smallest absolute Gasteiger partial charge is 0.326 e. The molecule has 0 fully saturated rings. The van der Waals surface area contributed by atoms with Crippen LogP contribution in [0.25, 0.3) is 11.3 Å². The summed E-state index contributed by atoms with van der Waals surface area (Å²) in [6, 6.07) is 9.78. The molecule has 0 unspecified atom stereocenters. The van der Waals surface area contributed by atoms with Gasteiger partial charge in [0.2, 0.25) is 0 Å². The quantitative estimate of drug-likeness (QED) is 0.885. The minimum absolute atomic E-state index is 0.0174. The van der Waals surface area contributed by atoms with Gasteiger partial charge in [0.25, 0.3) is 0 Å². The zero-order valence-corrected chi connectivity index (χ0v) is 12.8. The Morgan fingerprint density at radius 3 is 2.00 bits per heavy atom. The molecule has 0 aliphatic carbocycles. The van der Waals surface area contributed by atoms with Gasteiger partial charge < -0.3 is 5.73 Å². The lowest BCUT2D eigenvalue weighted by molar-refractivity contribution is -0.141. The molecule has 0 aliphatic rings. The molecule has 0 spiro atoms. The van der Waals surface area contributed by atoms with E-state index >= 15 is 0 Å². The lowest BCUT2D eigenvalue weighted by atomic mass is 9.86. The second kappa shape index (κ2) is 5.72. The first-order valence-electron chi connectivity index (χ1n) is 7.01. The molecule has 0 atom stereocenters. The van der Waals surface area contributed by atoms with Gasteiger partial charge in [0.05, 0.1) is 5.69 Å². The zero-order chi connectivity index (χ0) is 16.5. The Hall–Kier alpha value is -1.88. The fourth-order valence-corrected chi connectivity index (χ4v) is 2.19. The molecule has 0 radical (unpaired) electrons. The Labute approximate surface area is 128 Å². The van der Waals surface area contributed by atoms with E-state index < -0.39 is 11.9 Å². The van der Waals surface area contributed by atoms with Crippen molar-refractivity contribution in [3.63, 3.8) is 0 Å². The molecule has 1 aromatic carbocycles. The SMILES string of the molecule is CC(C)(C)c1ccc(-c2nc(C(F)(F)F)ccc2CN)cc1. The molecule has 0 bridgehead atoms. The summed E-state index contributed by atoms with van der Waals surface area (Å²) in [5, 5.41) is 0. The highest BCUT2D eigenvalue weighted by molar-refractivity contribution is 5.64. The van der Waals surface area contributed by atoms with E-state index in [-0.39, 0.29) is 17.7 Å². The molecule has 118 valence electrons. The summed E-state index contributed by atoms with van der Waals surface area (Å²) in [6.07, 6.45) is -4.47. The molecular weight excluding hydrogens is 289 g/mol. The van der Waals surface area contributed by atoms with Gasteiger partial charge in [-0.3, -0.25) is 0 Å². The maximum Gasteiger partial charge on any atom is 0.433 e. The highest BCUT2D eigenvalue weighted by Crippen LogP contribution is 2.32. The highest BCUT2D eigenvalue weighted by Gasteiger charge is 2.33. The summed E-state index contributed by atoms with van der Waals surface area (Å²) < 4.78 is 38.5. The number of rotatable bonds is 2. The predicted molar refractivity (Wildman–Crippen MR) is 81.3 cm³/mol. The number of halogens is 3. The van der Waals surface area contributed by atoms with Gasteiger partial charge in [-0.2, -0.15) is 13.2 Å². The number of hydrogen-bond acceptors (Lipinski definition) is 2. The maximum absolute atomic E-state index is 12.8. The topological polar surface area (TPSA) is 38.9 Å². The van der Waals surface area contributed by atoms with Crippen LogP contribution in [0.15, 0.2) is 36.4 Å². The minimum atomic E-state index is -4.47. The number of alkyl halides is 3. The minimum Gasteiger partial charge on any atom is -0.326 e. The molecule has 22 heavy (non-hydrogen) atoms. The third-order valence-corrected chi connectivity index (χ3v) is 3.51. The van der Waals surface area contributed by atoms with Crippen molar-refractivity contribution in [2.75, 3.05) is 0 Å².